The lowest BCUT2D eigenvalue weighted by Crippen LogP contribution is -2.29. The van der Waals surface area contributed by atoms with Gasteiger partial charge in [0, 0.05) is 11.4 Å². The van der Waals surface area contributed by atoms with Crippen LogP contribution in [-0.4, -0.2) is 21.8 Å². The molecule has 0 aliphatic rings. The number of aromatic amines is 1. The van der Waals surface area contributed by atoms with Crippen molar-refractivity contribution in [2.24, 2.45) is 0 Å². The molecule has 2 amide bonds. The molecule has 0 saturated carbocycles. The standard InChI is InChI=1S/C15H11FN4O2/c16-9-2-1-3-10(6-9)19-14(21)15(22)20-11-4-5-12-13(7-11)18-8-17-12/h1-8H,(H,17,18)(H,19,21)(H,20,22). The van der Waals surface area contributed by atoms with Gasteiger partial charge < -0.3 is 15.6 Å². The number of nitrogens with zero attached hydrogens (tertiary/aromatic N) is 1. The first-order valence-corrected chi connectivity index (χ1v) is 6.43. The summed E-state index contributed by atoms with van der Waals surface area (Å²) in [5, 5.41) is 4.79. The fourth-order valence-corrected chi connectivity index (χ4v) is 1.96. The van der Waals surface area contributed by atoms with Crippen molar-refractivity contribution in [1.82, 2.24) is 9.97 Å². The summed E-state index contributed by atoms with van der Waals surface area (Å²) in [5.74, 6) is -2.22. The van der Waals surface area contributed by atoms with E-state index in [0.717, 1.165) is 17.1 Å². The number of carbonyl (C=O) groups is 2. The van der Waals surface area contributed by atoms with Crippen LogP contribution in [-0.2, 0) is 9.59 Å². The predicted octanol–water partition coefficient (Wildman–Crippen LogP) is 2.28. The number of carbonyl (C=O) groups excluding carboxylic acids is 2. The quantitative estimate of drug-likeness (QED) is 0.634. The fourth-order valence-electron chi connectivity index (χ4n) is 1.96. The molecule has 2 aromatic carbocycles. The molecule has 1 heterocycles. The van der Waals surface area contributed by atoms with Crippen molar-refractivity contribution in [3.8, 4) is 0 Å². The normalized spacial score (nSPS) is 10.4. The Morgan fingerprint density at radius 1 is 1.00 bits per heavy atom. The molecule has 0 atom stereocenters. The summed E-state index contributed by atoms with van der Waals surface area (Å²) in [6.45, 7) is 0. The number of anilines is 2. The van der Waals surface area contributed by atoms with E-state index in [1.54, 1.807) is 18.2 Å². The number of amides is 2. The molecule has 1 aromatic heterocycles. The molecular weight excluding hydrogens is 287 g/mol. The first kappa shape index (κ1) is 13.7. The first-order chi connectivity index (χ1) is 10.6. The third-order valence-electron chi connectivity index (χ3n) is 2.97. The lowest BCUT2D eigenvalue weighted by Gasteiger charge is -2.06. The van der Waals surface area contributed by atoms with Crippen LogP contribution in [0.2, 0.25) is 0 Å². The smallest absolute Gasteiger partial charge is 0.314 e. The third kappa shape index (κ3) is 2.93. The second-order valence-electron chi connectivity index (χ2n) is 4.55. The summed E-state index contributed by atoms with van der Waals surface area (Å²) >= 11 is 0. The molecule has 3 N–H and O–H groups in total. The molecular formula is C15H11FN4O2. The Bertz CT molecular complexity index is 859. The minimum absolute atomic E-state index is 0.212. The molecule has 0 spiro atoms. The molecule has 0 bridgehead atoms. The van der Waals surface area contributed by atoms with Crippen molar-refractivity contribution in [3.05, 3.63) is 54.6 Å². The Morgan fingerprint density at radius 2 is 1.73 bits per heavy atom. The highest BCUT2D eigenvalue weighted by atomic mass is 19.1. The molecule has 3 aromatic rings. The number of hydrogen-bond donors (Lipinski definition) is 3. The Hall–Kier alpha value is -3.22. The highest BCUT2D eigenvalue weighted by Crippen LogP contribution is 2.15. The maximum absolute atomic E-state index is 13.0. The SMILES string of the molecule is O=C(Nc1cccc(F)c1)C(=O)Nc1ccc2nc[nH]c2c1. The molecule has 7 heteroatoms. The van der Waals surface area contributed by atoms with E-state index in [2.05, 4.69) is 20.6 Å². The lowest BCUT2D eigenvalue weighted by atomic mass is 10.2. The van der Waals surface area contributed by atoms with Gasteiger partial charge in [0.2, 0.25) is 0 Å². The molecule has 0 aliphatic heterocycles. The van der Waals surface area contributed by atoms with Crippen LogP contribution in [0, 0.1) is 5.82 Å². The van der Waals surface area contributed by atoms with Gasteiger partial charge in [-0.2, -0.15) is 0 Å². The zero-order valence-electron chi connectivity index (χ0n) is 11.3. The van der Waals surface area contributed by atoms with Gasteiger partial charge in [-0.05, 0) is 36.4 Å². The Kier molecular flexibility index (Phi) is 3.53. The molecule has 0 aliphatic carbocycles. The van der Waals surface area contributed by atoms with Gasteiger partial charge in [-0.1, -0.05) is 6.07 Å². The Morgan fingerprint density at radius 3 is 2.45 bits per heavy atom. The second-order valence-corrected chi connectivity index (χ2v) is 4.55. The van der Waals surface area contributed by atoms with Crippen LogP contribution in [0.4, 0.5) is 15.8 Å². The van der Waals surface area contributed by atoms with Crippen molar-refractivity contribution in [2.75, 3.05) is 10.6 Å². The molecule has 0 radical (unpaired) electrons. The highest BCUT2D eigenvalue weighted by molar-refractivity contribution is 6.43. The molecule has 0 unspecified atom stereocenters. The number of hydrogen-bond acceptors (Lipinski definition) is 3. The average molecular weight is 298 g/mol. The summed E-state index contributed by atoms with van der Waals surface area (Å²) < 4.78 is 13.0. The van der Waals surface area contributed by atoms with E-state index in [1.807, 2.05) is 0 Å². The van der Waals surface area contributed by atoms with Crippen LogP contribution in [0.1, 0.15) is 0 Å². The van der Waals surface area contributed by atoms with Crippen LogP contribution in [0.25, 0.3) is 11.0 Å². The van der Waals surface area contributed by atoms with Gasteiger partial charge in [-0.3, -0.25) is 9.59 Å². The maximum Gasteiger partial charge on any atom is 0.314 e. The van der Waals surface area contributed by atoms with Crippen molar-refractivity contribution >= 4 is 34.2 Å². The van der Waals surface area contributed by atoms with Crippen LogP contribution in [0.3, 0.4) is 0 Å². The number of fused-ring (bicyclic) bond motifs is 1. The fraction of sp³-hybridized carbons (Fsp3) is 0. The lowest BCUT2D eigenvalue weighted by molar-refractivity contribution is -0.132. The summed E-state index contributed by atoms with van der Waals surface area (Å²) in [4.78, 5) is 30.6. The maximum atomic E-state index is 13.0. The minimum atomic E-state index is -0.879. The van der Waals surface area contributed by atoms with E-state index in [1.165, 1.54) is 24.5 Å². The van der Waals surface area contributed by atoms with E-state index in [-0.39, 0.29) is 5.69 Å². The van der Waals surface area contributed by atoms with Gasteiger partial charge in [-0.15, -0.1) is 0 Å². The number of halogens is 1. The van der Waals surface area contributed by atoms with Crippen LogP contribution < -0.4 is 10.6 Å². The number of aromatic nitrogens is 2. The number of benzene rings is 2. The second kappa shape index (κ2) is 5.65. The van der Waals surface area contributed by atoms with Crippen LogP contribution >= 0.6 is 0 Å². The average Bonchev–Trinajstić information content (AvgIpc) is 2.94. The van der Waals surface area contributed by atoms with E-state index in [0.29, 0.717) is 5.69 Å². The number of imidazole rings is 1. The van der Waals surface area contributed by atoms with Crippen molar-refractivity contribution in [3.63, 3.8) is 0 Å². The zero-order valence-corrected chi connectivity index (χ0v) is 11.3. The first-order valence-electron chi connectivity index (χ1n) is 6.43. The Labute approximate surface area is 124 Å². The number of nitrogens with one attached hydrogen (secondary N) is 3. The van der Waals surface area contributed by atoms with Crippen molar-refractivity contribution in [1.29, 1.82) is 0 Å². The van der Waals surface area contributed by atoms with Gasteiger partial charge in [-0.25, -0.2) is 9.37 Å². The molecule has 22 heavy (non-hydrogen) atoms. The summed E-state index contributed by atoms with van der Waals surface area (Å²) in [6.07, 6.45) is 1.53. The van der Waals surface area contributed by atoms with E-state index in [9.17, 15) is 14.0 Å². The van der Waals surface area contributed by atoms with Crippen molar-refractivity contribution in [2.45, 2.75) is 0 Å². The van der Waals surface area contributed by atoms with Gasteiger partial charge >= 0.3 is 11.8 Å². The van der Waals surface area contributed by atoms with Gasteiger partial charge in [0.1, 0.15) is 5.82 Å². The van der Waals surface area contributed by atoms with E-state index in [4.69, 9.17) is 0 Å². The molecule has 0 saturated heterocycles. The molecule has 6 nitrogen and oxygen atoms in total. The monoisotopic (exact) mass is 298 g/mol. The van der Waals surface area contributed by atoms with Gasteiger partial charge in [0.05, 0.1) is 17.4 Å². The number of H-pyrrole nitrogens is 1. The number of rotatable bonds is 2. The van der Waals surface area contributed by atoms with Gasteiger partial charge in [0.15, 0.2) is 0 Å². The van der Waals surface area contributed by atoms with E-state index >= 15 is 0 Å². The predicted molar refractivity (Wildman–Crippen MR) is 79.8 cm³/mol. The highest BCUT2D eigenvalue weighted by Gasteiger charge is 2.14. The minimum Gasteiger partial charge on any atom is -0.345 e. The molecule has 110 valence electrons. The van der Waals surface area contributed by atoms with Gasteiger partial charge in [0.25, 0.3) is 0 Å². The topological polar surface area (TPSA) is 86.9 Å². The van der Waals surface area contributed by atoms with Crippen molar-refractivity contribution < 1.29 is 14.0 Å². The molecule has 0 fully saturated rings. The third-order valence-corrected chi connectivity index (χ3v) is 2.97. The van der Waals surface area contributed by atoms with Crippen LogP contribution in [0.5, 0.6) is 0 Å². The Balaban J connectivity index is 1.69. The summed E-state index contributed by atoms with van der Waals surface area (Å²) in [6, 6.07) is 10.3. The van der Waals surface area contributed by atoms with E-state index < -0.39 is 17.6 Å². The largest absolute Gasteiger partial charge is 0.345 e. The molecule has 3 rings (SSSR count). The zero-order chi connectivity index (χ0) is 15.5. The van der Waals surface area contributed by atoms with Crippen LogP contribution in [0.15, 0.2) is 48.8 Å². The summed E-state index contributed by atoms with van der Waals surface area (Å²) in [5.41, 5.74) is 2.16. The summed E-state index contributed by atoms with van der Waals surface area (Å²) in [7, 11) is 0.